The van der Waals surface area contributed by atoms with Crippen LogP contribution < -0.4 is 4.90 Å². The summed E-state index contributed by atoms with van der Waals surface area (Å²) in [5.41, 5.74) is 2.92. The summed E-state index contributed by atoms with van der Waals surface area (Å²) >= 11 is 0. The minimum absolute atomic E-state index is 0.105. The molecule has 5 heteroatoms. The first-order valence-corrected chi connectivity index (χ1v) is 7.72. The van der Waals surface area contributed by atoms with Gasteiger partial charge >= 0.3 is 6.03 Å². The lowest BCUT2D eigenvalue weighted by atomic mass is 10.1. The molecule has 0 aliphatic carbocycles. The van der Waals surface area contributed by atoms with Crippen LogP contribution in [0.4, 0.5) is 10.5 Å². The van der Waals surface area contributed by atoms with Gasteiger partial charge in [0.05, 0.1) is 18.2 Å². The molecule has 2 aromatic rings. The summed E-state index contributed by atoms with van der Waals surface area (Å²) in [7, 11) is 0. The maximum Gasteiger partial charge on any atom is 0.332 e. The number of carbonyl (C=O) groups excluding carboxylic acids is 2. The lowest BCUT2D eigenvalue weighted by molar-refractivity contribution is -0.127. The Morgan fingerprint density at radius 3 is 2.42 bits per heavy atom. The van der Waals surface area contributed by atoms with E-state index in [0.717, 1.165) is 5.56 Å². The third-order valence-corrected chi connectivity index (χ3v) is 4.23. The van der Waals surface area contributed by atoms with Gasteiger partial charge in [0.25, 0.3) is 5.91 Å². The first kappa shape index (κ1) is 15.8. The van der Waals surface area contributed by atoms with Crippen molar-refractivity contribution in [3.8, 4) is 6.07 Å². The van der Waals surface area contributed by atoms with Gasteiger partial charge in [-0.1, -0.05) is 35.9 Å². The zero-order valence-electron chi connectivity index (χ0n) is 13.6. The van der Waals surface area contributed by atoms with E-state index >= 15 is 0 Å². The summed E-state index contributed by atoms with van der Waals surface area (Å²) in [4.78, 5) is 28.0. The molecule has 24 heavy (non-hydrogen) atoms. The molecule has 3 rings (SSSR count). The van der Waals surface area contributed by atoms with Gasteiger partial charge in [-0.2, -0.15) is 5.26 Å². The molecule has 1 saturated heterocycles. The molecule has 1 aliphatic rings. The SMILES string of the molecule is Cc1ccc(N2C(=O)N(Cc3ccccc3C#N)C(=O)C2C)cc1. The second kappa shape index (κ2) is 6.17. The minimum atomic E-state index is -0.561. The van der Waals surface area contributed by atoms with Crippen LogP contribution in [0.1, 0.15) is 23.6 Å². The fraction of sp³-hybridized carbons (Fsp3) is 0.211. The van der Waals surface area contributed by atoms with Gasteiger partial charge in [-0.05, 0) is 37.6 Å². The number of amides is 3. The number of hydrogen-bond acceptors (Lipinski definition) is 3. The molecule has 1 unspecified atom stereocenters. The quantitative estimate of drug-likeness (QED) is 0.816. The van der Waals surface area contributed by atoms with Gasteiger partial charge in [0.1, 0.15) is 6.04 Å². The molecule has 0 aromatic heterocycles. The Morgan fingerprint density at radius 2 is 1.75 bits per heavy atom. The van der Waals surface area contributed by atoms with E-state index in [2.05, 4.69) is 6.07 Å². The highest BCUT2D eigenvalue weighted by Crippen LogP contribution is 2.27. The van der Waals surface area contributed by atoms with Crippen molar-refractivity contribution in [3.05, 3.63) is 65.2 Å². The van der Waals surface area contributed by atoms with Crippen LogP contribution in [0.3, 0.4) is 0 Å². The van der Waals surface area contributed by atoms with Crippen LogP contribution >= 0.6 is 0 Å². The summed E-state index contributed by atoms with van der Waals surface area (Å²) in [5, 5.41) is 9.18. The fourth-order valence-electron chi connectivity index (χ4n) is 2.85. The zero-order chi connectivity index (χ0) is 17.3. The molecular formula is C19H17N3O2. The van der Waals surface area contributed by atoms with Gasteiger partial charge < -0.3 is 0 Å². The van der Waals surface area contributed by atoms with E-state index in [1.165, 1.54) is 9.80 Å². The number of nitriles is 1. The van der Waals surface area contributed by atoms with Crippen molar-refractivity contribution in [2.75, 3.05) is 4.90 Å². The third-order valence-electron chi connectivity index (χ3n) is 4.23. The predicted molar refractivity (Wildman–Crippen MR) is 90.2 cm³/mol. The molecule has 0 N–H and O–H groups in total. The Bertz CT molecular complexity index is 836. The maximum absolute atomic E-state index is 12.8. The maximum atomic E-state index is 12.8. The number of rotatable bonds is 3. The number of hydrogen-bond donors (Lipinski definition) is 0. The van der Waals surface area contributed by atoms with Gasteiger partial charge in [-0.3, -0.25) is 14.6 Å². The topological polar surface area (TPSA) is 64.4 Å². The molecule has 0 radical (unpaired) electrons. The summed E-state index contributed by atoms with van der Waals surface area (Å²) in [6.07, 6.45) is 0. The van der Waals surface area contributed by atoms with Crippen LogP contribution in [0, 0.1) is 18.3 Å². The largest absolute Gasteiger partial charge is 0.332 e. The predicted octanol–water partition coefficient (Wildman–Crippen LogP) is 3.22. The average molecular weight is 319 g/mol. The molecule has 120 valence electrons. The van der Waals surface area contributed by atoms with Gasteiger partial charge in [0, 0.05) is 5.69 Å². The Hall–Kier alpha value is -3.13. The van der Waals surface area contributed by atoms with Crippen molar-refractivity contribution in [3.63, 3.8) is 0 Å². The van der Waals surface area contributed by atoms with E-state index in [4.69, 9.17) is 0 Å². The number of nitrogens with zero attached hydrogens (tertiary/aromatic N) is 3. The Balaban J connectivity index is 1.91. The smallest absolute Gasteiger partial charge is 0.282 e. The molecule has 1 aliphatic heterocycles. The van der Waals surface area contributed by atoms with Crippen LogP contribution in [0.15, 0.2) is 48.5 Å². The molecule has 0 bridgehead atoms. The van der Waals surface area contributed by atoms with E-state index in [1.54, 1.807) is 31.2 Å². The van der Waals surface area contributed by atoms with E-state index in [9.17, 15) is 14.9 Å². The number of aryl methyl sites for hydroxylation is 1. The minimum Gasteiger partial charge on any atom is -0.282 e. The summed E-state index contributed by atoms with van der Waals surface area (Å²) in [5.74, 6) is -0.256. The van der Waals surface area contributed by atoms with E-state index < -0.39 is 6.04 Å². The van der Waals surface area contributed by atoms with Crippen molar-refractivity contribution >= 4 is 17.6 Å². The molecule has 1 atom stereocenters. The first-order valence-electron chi connectivity index (χ1n) is 7.72. The second-order valence-corrected chi connectivity index (χ2v) is 5.86. The first-order chi connectivity index (χ1) is 11.5. The van der Waals surface area contributed by atoms with Crippen LogP contribution in [-0.4, -0.2) is 22.9 Å². The molecule has 5 nitrogen and oxygen atoms in total. The van der Waals surface area contributed by atoms with Crippen molar-refractivity contribution in [2.24, 2.45) is 0 Å². The summed E-state index contributed by atoms with van der Waals surface area (Å²) in [6.45, 7) is 3.79. The molecular weight excluding hydrogens is 302 g/mol. The monoisotopic (exact) mass is 319 g/mol. The van der Waals surface area contributed by atoms with Gasteiger partial charge in [0.2, 0.25) is 0 Å². The highest BCUT2D eigenvalue weighted by Gasteiger charge is 2.43. The lowest BCUT2D eigenvalue weighted by Gasteiger charge is -2.19. The molecule has 0 saturated carbocycles. The van der Waals surface area contributed by atoms with Crippen LogP contribution in [-0.2, 0) is 11.3 Å². The van der Waals surface area contributed by atoms with Crippen LogP contribution in [0.5, 0.6) is 0 Å². The highest BCUT2D eigenvalue weighted by atomic mass is 16.2. The van der Waals surface area contributed by atoms with E-state index in [1.807, 2.05) is 31.2 Å². The molecule has 1 heterocycles. The summed E-state index contributed by atoms with van der Waals surface area (Å²) < 4.78 is 0. The van der Waals surface area contributed by atoms with E-state index in [-0.39, 0.29) is 18.5 Å². The lowest BCUT2D eigenvalue weighted by Crippen LogP contribution is -2.33. The van der Waals surface area contributed by atoms with Gasteiger partial charge in [0.15, 0.2) is 0 Å². The number of carbonyl (C=O) groups is 2. The van der Waals surface area contributed by atoms with Gasteiger partial charge in [-0.15, -0.1) is 0 Å². The second-order valence-electron chi connectivity index (χ2n) is 5.86. The average Bonchev–Trinajstić information content (AvgIpc) is 2.80. The highest BCUT2D eigenvalue weighted by molar-refractivity contribution is 6.14. The fourth-order valence-corrected chi connectivity index (χ4v) is 2.85. The summed E-state index contributed by atoms with van der Waals surface area (Å²) in [6, 6.07) is 15.7. The standard InChI is InChI=1S/C19H17N3O2/c1-13-7-9-17(10-8-13)22-14(2)18(23)21(19(22)24)12-16-6-4-3-5-15(16)11-20/h3-10,14H,12H2,1-2H3. The zero-order valence-corrected chi connectivity index (χ0v) is 13.6. The Morgan fingerprint density at radius 1 is 1.08 bits per heavy atom. The molecule has 3 amide bonds. The molecule has 0 spiro atoms. The molecule has 2 aromatic carbocycles. The Labute approximate surface area is 140 Å². The van der Waals surface area contributed by atoms with E-state index in [0.29, 0.717) is 16.8 Å². The number of imide groups is 1. The van der Waals surface area contributed by atoms with Crippen LogP contribution in [0.2, 0.25) is 0 Å². The normalized spacial score (nSPS) is 17.3. The Kier molecular flexibility index (Phi) is 4.05. The third kappa shape index (κ3) is 2.63. The number of urea groups is 1. The molecule has 1 fully saturated rings. The van der Waals surface area contributed by atoms with Crippen molar-refractivity contribution < 1.29 is 9.59 Å². The van der Waals surface area contributed by atoms with Crippen molar-refractivity contribution in [1.82, 2.24) is 4.90 Å². The number of anilines is 1. The van der Waals surface area contributed by atoms with Gasteiger partial charge in [-0.25, -0.2) is 4.79 Å². The number of benzene rings is 2. The van der Waals surface area contributed by atoms with Crippen LogP contribution in [0.25, 0.3) is 0 Å². The van der Waals surface area contributed by atoms with Crippen molar-refractivity contribution in [1.29, 1.82) is 5.26 Å². The van der Waals surface area contributed by atoms with Crippen molar-refractivity contribution in [2.45, 2.75) is 26.4 Å².